The zero-order chi connectivity index (χ0) is 17.1. The van der Waals surface area contributed by atoms with E-state index >= 15 is 0 Å². The quantitative estimate of drug-likeness (QED) is 0.700. The summed E-state index contributed by atoms with van der Waals surface area (Å²) in [7, 11) is 3.38. The minimum atomic E-state index is -0.275. The number of methoxy groups -OCH3 is 1. The van der Waals surface area contributed by atoms with E-state index in [0.717, 1.165) is 11.0 Å². The van der Waals surface area contributed by atoms with E-state index in [1.807, 2.05) is 23.7 Å². The molecule has 1 amide bonds. The summed E-state index contributed by atoms with van der Waals surface area (Å²) in [4.78, 5) is 16.4. The van der Waals surface area contributed by atoms with Gasteiger partial charge in [0, 0.05) is 13.1 Å². The van der Waals surface area contributed by atoms with E-state index in [1.165, 1.54) is 19.3 Å². The van der Waals surface area contributed by atoms with Gasteiger partial charge in [0.2, 0.25) is 5.91 Å². The number of phenolic OH excluding ortho intramolecular Hbond substituents is 1. The maximum atomic E-state index is 12.1. The fraction of sp³-hybridized carbons (Fsp3) is 0.111. The third-order valence-corrected chi connectivity index (χ3v) is 3.64. The molecular weight excluding hydrogens is 342 g/mol. The molecule has 1 heterocycles. The summed E-state index contributed by atoms with van der Waals surface area (Å²) in [6, 6.07) is 10.5. The Labute approximate surface area is 151 Å². The predicted octanol–water partition coefficient (Wildman–Crippen LogP) is 3.36. The molecule has 2 N–H and O–H groups in total. The van der Waals surface area contributed by atoms with E-state index < -0.39 is 0 Å². The highest BCUT2D eigenvalue weighted by Crippen LogP contribution is 2.26. The van der Waals surface area contributed by atoms with E-state index in [0.29, 0.717) is 17.0 Å². The van der Waals surface area contributed by atoms with Gasteiger partial charge in [-0.2, -0.15) is 0 Å². The van der Waals surface area contributed by atoms with Crippen LogP contribution in [-0.2, 0) is 11.8 Å². The summed E-state index contributed by atoms with van der Waals surface area (Å²) in [5, 5.41) is 12.6. The van der Waals surface area contributed by atoms with Gasteiger partial charge in [-0.15, -0.1) is 12.4 Å². The molecule has 0 aliphatic rings. The number of aromatic hydroxyl groups is 1. The van der Waals surface area contributed by atoms with Crippen molar-refractivity contribution in [2.45, 2.75) is 0 Å². The van der Waals surface area contributed by atoms with Crippen LogP contribution in [0.1, 0.15) is 5.56 Å². The third-order valence-electron chi connectivity index (χ3n) is 3.64. The van der Waals surface area contributed by atoms with Crippen molar-refractivity contribution >= 4 is 41.1 Å². The SMILES string of the molecule is COc1ccc(/C=C/C(=O)Nc2cccc3c2ncn3C)cc1O.Cl. The van der Waals surface area contributed by atoms with Gasteiger partial charge in [0.25, 0.3) is 0 Å². The molecule has 0 radical (unpaired) electrons. The first-order chi connectivity index (χ1) is 11.6. The molecule has 3 aromatic rings. The Bertz CT molecular complexity index is 934. The van der Waals surface area contributed by atoms with Crippen LogP contribution in [-0.4, -0.2) is 27.7 Å². The number of benzene rings is 2. The van der Waals surface area contributed by atoms with Crippen molar-refractivity contribution in [2.75, 3.05) is 12.4 Å². The lowest BCUT2D eigenvalue weighted by atomic mass is 10.2. The van der Waals surface area contributed by atoms with Gasteiger partial charge in [0.15, 0.2) is 11.5 Å². The van der Waals surface area contributed by atoms with Gasteiger partial charge in [-0.1, -0.05) is 12.1 Å². The van der Waals surface area contributed by atoms with E-state index in [9.17, 15) is 9.90 Å². The van der Waals surface area contributed by atoms with Crippen LogP contribution in [0.3, 0.4) is 0 Å². The highest BCUT2D eigenvalue weighted by atomic mass is 35.5. The van der Waals surface area contributed by atoms with E-state index in [2.05, 4.69) is 10.3 Å². The molecule has 1 aromatic heterocycles. The Kier molecular flexibility index (Phi) is 5.67. The number of halogens is 1. The summed E-state index contributed by atoms with van der Waals surface area (Å²) >= 11 is 0. The number of carbonyl (C=O) groups is 1. The number of hydrogen-bond acceptors (Lipinski definition) is 4. The molecule has 0 bridgehead atoms. The normalized spacial score (nSPS) is 10.6. The number of amides is 1. The van der Waals surface area contributed by atoms with Crippen molar-refractivity contribution in [1.82, 2.24) is 9.55 Å². The fourth-order valence-corrected chi connectivity index (χ4v) is 2.42. The summed E-state index contributed by atoms with van der Waals surface area (Å²) in [6.07, 6.45) is 4.73. The number of fused-ring (bicyclic) bond motifs is 1. The van der Waals surface area contributed by atoms with Crippen LogP contribution < -0.4 is 10.1 Å². The van der Waals surface area contributed by atoms with Gasteiger partial charge < -0.3 is 19.7 Å². The summed E-state index contributed by atoms with van der Waals surface area (Å²) in [6.45, 7) is 0. The molecule has 0 saturated heterocycles. The standard InChI is InChI=1S/C18H17N3O3.ClH/c1-21-11-19-18-13(4-3-5-14(18)21)20-17(23)9-7-12-6-8-16(24-2)15(22)10-12;/h3-11,22H,1-2H3,(H,20,23);1H/b9-7+;. The maximum absolute atomic E-state index is 12.1. The van der Waals surface area contributed by atoms with Gasteiger partial charge in [0.1, 0.15) is 5.52 Å². The molecule has 2 aromatic carbocycles. The number of ether oxygens (including phenoxy) is 1. The minimum absolute atomic E-state index is 0. The summed E-state index contributed by atoms with van der Waals surface area (Å²) in [5.74, 6) is 0.139. The minimum Gasteiger partial charge on any atom is -0.504 e. The number of hydrogen-bond donors (Lipinski definition) is 2. The smallest absolute Gasteiger partial charge is 0.248 e. The topological polar surface area (TPSA) is 76.4 Å². The largest absolute Gasteiger partial charge is 0.504 e. The average molecular weight is 360 g/mol. The Morgan fingerprint density at radius 1 is 1.32 bits per heavy atom. The summed E-state index contributed by atoms with van der Waals surface area (Å²) < 4.78 is 6.87. The van der Waals surface area contributed by atoms with Gasteiger partial charge in [-0.3, -0.25) is 4.79 Å². The molecule has 0 spiro atoms. The third kappa shape index (κ3) is 3.92. The number of phenols is 1. The highest BCUT2D eigenvalue weighted by molar-refractivity contribution is 6.06. The van der Waals surface area contributed by atoms with Crippen LogP contribution in [0, 0.1) is 0 Å². The van der Waals surface area contributed by atoms with Gasteiger partial charge >= 0.3 is 0 Å². The monoisotopic (exact) mass is 359 g/mol. The first kappa shape index (κ1) is 18.4. The van der Waals surface area contributed by atoms with Crippen LogP contribution in [0.15, 0.2) is 48.8 Å². The Morgan fingerprint density at radius 2 is 2.12 bits per heavy atom. The second-order valence-electron chi connectivity index (χ2n) is 5.28. The first-order valence-electron chi connectivity index (χ1n) is 7.34. The Morgan fingerprint density at radius 3 is 2.84 bits per heavy atom. The lowest BCUT2D eigenvalue weighted by molar-refractivity contribution is -0.111. The van der Waals surface area contributed by atoms with Crippen molar-refractivity contribution < 1.29 is 14.6 Å². The molecule has 7 heteroatoms. The Hall–Kier alpha value is -2.99. The van der Waals surface area contributed by atoms with E-state index in [-0.39, 0.29) is 24.1 Å². The molecule has 25 heavy (non-hydrogen) atoms. The van der Waals surface area contributed by atoms with Gasteiger partial charge in [-0.25, -0.2) is 4.98 Å². The van der Waals surface area contributed by atoms with Crippen molar-refractivity contribution in [2.24, 2.45) is 7.05 Å². The molecule has 130 valence electrons. The number of nitrogens with one attached hydrogen (secondary N) is 1. The van der Waals surface area contributed by atoms with Crippen molar-refractivity contribution in [1.29, 1.82) is 0 Å². The zero-order valence-corrected chi connectivity index (χ0v) is 14.6. The maximum Gasteiger partial charge on any atom is 0.248 e. The predicted molar refractivity (Wildman–Crippen MR) is 100 cm³/mol. The first-order valence-corrected chi connectivity index (χ1v) is 7.34. The molecule has 3 rings (SSSR count). The Balaban J connectivity index is 0.00000225. The number of imidazole rings is 1. The number of nitrogens with zero attached hydrogens (tertiary/aromatic N) is 2. The van der Waals surface area contributed by atoms with Crippen LogP contribution in [0.4, 0.5) is 5.69 Å². The number of aryl methyl sites for hydroxylation is 1. The summed E-state index contributed by atoms with van der Waals surface area (Å²) in [5.41, 5.74) is 3.03. The lowest BCUT2D eigenvalue weighted by Crippen LogP contribution is -2.08. The number of aromatic nitrogens is 2. The van der Waals surface area contributed by atoms with E-state index in [4.69, 9.17) is 4.74 Å². The van der Waals surface area contributed by atoms with E-state index in [1.54, 1.807) is 30.6 Å². The molecule has 0 fully saturated rings. The van der Waals surface area contributed by atoms with Crippen molar-refractivity contribution in [3.8, 4) is 11.5 Å². The zero-order valence-electron chi connectivity index (χ0n) is 13.8. The number of rotatable bonds is 4. The second kappa shape index (κ2) is 7.72. The average Bonchev–Trinajstić information content (AvgIpc) is 2.96. The lowest BCUT2D eigenvalue weighted by Gasteiger charge is -2.04. The molecule has 0 saturated carbocycles. The molecule has 0 aliphatic carbocycles. The van der Waals surface area contributed by atoms with Gasteiger partial charge in [0.05, 0.1) is 24.6 Å². The number of anilines is 1. The molecular formula is C18H18ClN3O3. The second-order valence-corrected chi connectivity index (χ2v) is 5.28. The van der Waals surface area contributed by atoms with Crippen LogP contribution in [0.5, 0.6) is 11.5 Å². The molecule has 6 nitrogen and oxygen atoms in total. The number of carbonyl (C=O) groups excluding carboxylic acids is 1. The van der Waals surface area contributed by atoms with Crippen molar-refractivity contribution in [3.05, 3.63) is 54.4 Å². The van der Waals surface area contributed by atoms with Gasteiger partial charge in [-0.05, 0) is 35.9 Å². The van der Waals surface area contributed by atoms with Crippen molar-refractivity contribution in [3.63, 3.8) is 0 Å². The highest BCUT2D eigenvalue weighted by Gasteiger charge is 2.07. The molecule has 0 unspecified atom stereocenters. The van der Waals surface area contributed by atoms with Crippen LogP contribution in [0.2, 0.25) is 0 Å². The van der Waals surface area contributed by atoms with Crippen LogP contribution >= 0.6 is 12.4 Å². The van der Waals surface area contributed by atoms with Crippen LogP contribution in [0.25, 0.3) is 17.1 Å². The number of para-hydroxylation sites is 1. The molecule has 0 atom stereocenters. The molecule has 0 aliphatic heterocycles. The fourth-order valence-electron chi connectivity index (χ4n) is 2.42.